The quantitative estimate of drug-likeness (QED) is 0.0421. The van der Waals surface area contributed by atoms with Gasteiger partial charge < -0.3 is 60.9 Å². The Bertz CT molecular complexity index is 3440. The number of nitrogen functional groups attached to an aromatic ring is 1. The summed E-state index contributed by atoms with van der Waals surface area (Å²) in [5.41, 5.74) is 7.87. The van der Waals surface area contributed by atoms with E-state index >= 15 is 0 Å². The number of hydrogen-bond acceptors (Lipinski definition) is 22. The van der Waals surface area contributed by atoms with E-state index in [1.54, 1.807) is 69.0 Å². The van der Waals surface area contributed by atoms with Gasteiger partial charge in [-0.3, -0.25) is 9.13 Å². The highest BCUT2D eigenvalue weighted by molar-refractivity contribution is 7.90. The summed E-state index contributed by atoms with van der Waals surface area (Å²) in [5.74, 6) is 2.12. The largest absolute Gasteiger partial charge is 0.495 e. The Morgan fingerprint density at radius 3 is 1.43 bits per heavy atom. The molecule has 6 heterocycles. The van der Waals surface area contributed by atoms with Crippen molar-refractivity contribution in [2.75, 3.05) is 56.4 Å². The lowest BCUT2D eigenvalue weighted by molar-refractivity contribution is -0.388. The molecule has 0 amide bonds. The summed E-state index contributed by atoms with van der Waals surface area (Å²) >= 11 is 25.8. The molecule has 8 rings (SSSR count). The molecule has 75 heavy (non-hydrogen) atoms. The van der Waals surface area contributed by atoms with Crippen LogP contribution in [0.25, 0.3) is 22.5 Å². The maximum absolute atomic E-state index is 11.8. The zero-order valence-electron chi connectivity index (χ0n) is 39.5. The Morgan fingerprint density at radius 1 is 0.600 bits per heavy atom. The summed E-state index contributed by atoms with van der Waals surface area (Å²) in [6, 6.07) is 13.1. The molecule has 8 aromatic rings. The van der Waals surface area contributed by atoms with Gasteiger partial charge >= 0.3 is 11.6 Å². The zero-order chi connectivity index (χ0) is 54.0. The Labute approximate surface area is 447 Å². The molecule has 0 unspecified atom stereocenters. The molecule has 0 aliphatic heterocycles. The van der Waals surface area contributed by atoms with Crippen LogP contribution in [0.3, 0.4) is 0 Å². The van der Waals surface area contributed by atoms with E-state index in [9.17, 15) is 28.6 Å². The number of rotatable bonds is 15. The van der Waals surface area contributed by atoms with Crippen LogP contribution in [0, 0.1) is 20.2 Å². The van der Waals surface area contributed by atoms with E-state index in [1.165, 1.54) is 68.9 Å². The number of nitrogens with zero attached hydrogens (tertiary/aromatic N) is 12. The van der Waals surface area contributed by atoms with Crippen LogP contribution in [0.4, 0.5) is 52.1 Å². The minimum Gasteiger partial charge on any atom is -0.495 e. The number of sulfone groups is 1. The van der Waals surface area contributed by atoms with Crippen molar-refractivity contribution in [1.29, 1.82) is 0 Å². The van der Waals surface area contributed by atoms with Crippen molar-refractivity contribution in [2.45, 2.75) is 12.5 Å². The number of hydrogen-bond donors (Lipinski definition) is 4. The van der Waals surface area contributed by atoms with Gasteiger partial charge in [-0.1, -0.05) is 53.8 Å². The van der Waals surface area contributed by atoms with Crippen LogP contribution in [0.1, 0.15) is 7.43 Å². The second-order valence-corrected chi connectivity index (χ2v) is 18.1. The topological polar surface area (TPSA) is 332 Å². The fourth-order valence-electron chi connectivity index (χ4n) is 6.30. The molecule has 0 aliphatic carbocycles. The molecular weight excluding hydrogens is 1090 g/mol. The number of nitro groups is 2. The molecule has 394 valence electrons. The number of ether oxygens (including phenoxy) is 4. The third kappa shape index (κ3) is 13.2. The number of aromatic nitrogens is 10. The summed E-state index contributed by atoms with van der Waals surface area (Å²) in [7, 11) is 5.62. The van der Waals surface area contributed by atoms with Crippen LogP contribution in [0.2, 0.25) is 20.1 Å². The maximum atomic E-state index is 11.8. The van der Waals surface area contributed by atoms with Gasteiger partial charge in [0.05, 0.1) is 51.2 Å². The normalized spacial score (nSPS) is 10.6. The van der Waals surface area contributed by atoms with E-state index in [0.717, 1.165) is 6.26 Å². The molecule has 0 saturated heterocycles. The monoisotopic (exact) mass is 1130 g/mol. The number of aryl methyl sites for hydroxylation is 2. The first-order chi connectivity index (χ1) is 35.2. The van der Waals surface area contributed by atoms with E-state index in [0.29, 0.717) is 74.3 Å². The van der Waals surface area contributed by atoms with E-state index in [1.807, 2.05) is 0 Å². The standard InChI is InChI=1S/C21H18Cl2N8O4.C18H16Cl2N4O4S.C4H6N4O2.CH4/c1-30-10-27-20(31(32)33)21(30)28-15-7-12(25-9-26-15)11-5-4-6-24-19(11)29-18-16(22)13(34-2)8-14(35-3)17(18)23;1-27-12-8-13(28-2)16(20)17(15(12)19)24-18-10(5-4-6-21-18)11-7-14(23-9-22-11)29(3,25)26;1-7-2-6-4(3(7)5)8(9)10;/h4-10H,1-3H3,(H,24,29)(H,25,26,28);4-9H,1-3H3,(H,21,24);2H,5H2,1H3;1H4. The fourth-order valence-corrected chi connectivity index (χ4v) is 8.05. The summed E-state index contributed by atoms with van der Waals surface area (Å²) in [4.78, 5) is 52.6. The molecule has 0 radical (unpaired) electrons. The highest BCUT2D eigenvalue weighted by Crippen LogP contribution is 2.47. The summed E-state index contributed by atoms with van der Waals surface area (Å²) in [5, 5.41) is 31.3. The summed E-state index contributed by atoms with van der Waals surface area (Å²) < 4.78 is 47.7. The summed E-state index contributed by atoms with van der Waals surface area (Å²) in [6.45, 7) is 0. The number of pyridine rings is 2. The molecule has 0 spiro atoms. The van der Waals surface area contributed by atoms with Crippen LogP contribution in [-0.2, 0) is 23.9 Å². The number of nitrogens with two attached hydrogens (primary N) is 1. The molecule has 0 fully saturated rings. The molecule has 0 saturated carbocycles. The Balaban J connectivity index is 0.000000234. The van der Waals surface area contributed by atoms with E-state index in [4.69, 9.17) is 71.1 Å². The van der Waals surface area contributed by atoms with Gasteiger partial charge in [0.25, 0.3) is 0 Å². The average Bonchev–Trinajstić information content (AvgIpc) is 3.93. The summed E-state index contributed by atoms with van der Waals surface area (Å²) in [6.07, 6.45) is 9.36. The molecule has 6 aromatic heterocycles. The number of methoxy groups -OCH3 is 4. The lowest BCUT2D eigenvalue weighted by Gasteiger charge is -2.17. The first-order valence-corrected chi connectivity index (χ1v) is 24.0. The van der Waals surface area contributed by atoms with Crippen LogP contribution in [0.15, 0.2) is 91.3 Å². The Morgan fingerprint density at radius 2 is 1.03 bits per heavy atom. The molecule has 0 atom stereocenters. The van der Waals surface area contributed by atoms with Gasteiger partial charge in [0, 0.05) is 68.1 Å². The number of imidazole rings is 2. The number of halogens is 4. The minimum atomic E-state index is -3.50. The molecule has 5 N–H and O–H groups in total. The van der Waals surface area contributed by atoms with Crippen molar-refractivity contribution in [1.82, 2.24) is 49.0 Å². The van der Waals surface area contributed by atoms with Gasteiger partial charge in [0.2, 0.25) is 24.3 Å². The zero-order valence-corrected chi connectivity index (χ0v) is 43.4. The van der Waals surface area contributed by atoms with Gasteiger partial charge in [-0.2, -0.15) is 0 Å². The van der Waals surface area contributed by atoms with Crippen molar-refractivity contribution in [3.63, 3.8) is 0 Å². The Hall–Kier alpha value is -8.37. The number of anilines is 7. The van der Waals surface area contributed by atoms with Gasteiger partial charge in [-0.05, 0) is 44.1 Å². The first-order valence-electron chi connectivity index (χ1n) is 20.5. The van der Waals surface area contributed by atoms with Gasteiger partial charge in [-0.15, -0.1) is 0 Å². The average molecular weight is 1130 g/mol. The SMILES string of the molecule is C.COc1cc(OC)c(Cl)c(Nc2ncccc2-c2cc(Nc3c([N+](=O)[O-])ncn3C)ncn2)c1Cl.COc1cc(OC)c(Cl)c(Nc2ncccc2-c2cc(S(C)(=O)=O)ncn2)c1Cl.Cn1cnc([N+](=O)[O-])c1N. The fraction of sp³-hybridized carbons (Fsp3) is 0.182. The predicted molar refractivity (Wildman–Crippen MR) is 283 cm³/mol. The smallest absolute Gasteiger partial charge is 0.406 e. The maximum Gasteiger partial charge on any atom is 0.406 e. The van der Waals surface area contributed by atoms with Crippen molar-refractivity contribution < 1.29 is 37.2 Å². The van der Waals surface area contributed by atoms with Crippen molar-refractivity contribution >= 4 is 108 Å². The highest BCUT2D eigenvalue weighted by Gasteiger charge is 2.24. The molecule has 2 aromatic carbocycles. The molecule has 0 bridgehead atoms. The molecule has 0 aliphatic rings. The second-order valence-electron chi connectivity index (χ2n) is 14.7. The van der Waals surface area contributed by atoms with E-state index in [-0.39, 0.29) is 55.8 Å². The first kappa shape index (κ1) is 57.5. The predicted octanol–water partition coefficient (Wildman–Crippen LogP) is 9.55. The number of benzene rings is 2. The minimum absolute atomic E-state index is 0. The van der Waals surface area contributed by atoms with E-state index in [2.05, 4.69) is 55.8 Å². The third-order valence-electron chi connectivity index (χ3n) is 9.96. The lowest BCUT2D eigenvalue weighted by Crippen LogP contribution is -2.04. The molecular formula is C44H44Cl4N16O10S. The Kier molecular flexibility index (Phi) is 19.2. The van der Waals surface area contributed by atoms with Crippen LogP contribution < -0.4 is 40.6 Å². The van der Waals surface area contributed by atoms with Gasteiger partial charge in [-0.25, -0.2) is 38.3 Å². The third-order valence-corrected chi connectivity index (χ3v) is 12.4. The van der Waals surface area contributed by atoms with Crippen molar-refractivity contribution in [3.8, 4) is 45.5 Å². The van der Waals surface area contributed by atoms with Gasteiger partial charge in [0.1, 0.15) is 73.2 Å². The molecule has 26 nitrogen and oxygen atoms in total. The van der Waals surface area contributed by atoms with Crippen LogP contribution >= 0.6 is 46.4 Å². The van der Waals surface area contributed by atoms with Crippen molar-refractivity contribution in [3.05, 3.63) is 127 Å². The van der Waals surface area contributed by atoms with E-state index < -0.39 is 19.7 Å². The van der Waals surface area contributed by atoms with Crippen LogP contribution in [-0.4, -0.2) is 102 Å². The van der Waals surface area contributed by atoms with Crippen molar-refractivity contribution in [2.24, 2.45) is 14.1 Å². The van der Waals surface area contributed by atoms with Gasteiger partial charge in [0.15, 0.2) is 14.9 Å². The second kappa shape index (κ2) is 25.0. The number of nitrogens with one attached hydrogen (secondary N) is 3. The highest BCUT2D eigenvalue weighted by atomic mass is 35.5. The lowest BCUT2D eigenvalue weighted by atomic mass is 10.1. The molecule has 31 heteroatoms. The van der Waals surface area contributed by atoms with Crippen LogP contribution in [0.5, 0.6) is 23.0 Å².